The first-order valence-electron chi connectivity index (χ1n) is 14.1. The number of carbonyl (C=O) groups is 3. The number of aliphatic hydroxyl groups excluding tert-OH is 1. The average molecular weight is 577 g/mol. The fraction of sp³-hybridized carbons (Fsp3) is 0.406. The lowest BCUT2D eigenvalue weighted by Gasteiger charge is -2.41. The molecule has 1 N–H and O–H groups in total. The van der Waals surface area contributed by atoms with E-state index in [1.54, 1.807) is 35.2 Å². The number of amides is 2. The lowest BCUT2D eigenvalue weighted by atomic mass is 9.73. The van der Waals surface area contributed by atoms with Gasteiger partial charge in [0.05, 0.1) is 25.2 Å². The predicted octanol–water partition coefficient (Wildman–Crippen LogP) is 3.71. The minimum atomic E-state index is -1.44. The van der Waals surface area contributed by atoms with E-state index in [2.05, 4.69) is 0 Å². The summed E-state index contributed by atoms with van der Waals surface area (Å²) in [5.41, 5.74) is -1.02. The molecule has 0 radical (unpaired) electrons. The molecule has 4 aliphatic heterocycles. The molecule has 2 amide bonds. The summed E-state index contributed by atoms with van der Waals surface area (Å²) in [6.07, 6.45) is 8.71. The number of benzene rings is 2. The maximum absolute atomic E-state index is 14.7. The summed E-state index contributed by atoms with van der Waals surface area (Å²) < 4.78 is 12.5. The number of aliphatic hydroxyl groups is 1. The molecule has 2 aromatic carbocycles. The molecule has 1 unspecified atom stereocenters. The highest BCUT2D eigenvalue weighted by Gasteiger charge is 2.76. The fourth-order valence-electron chi connectivity index (χ4n) is 7.05. The van der Waals surface area contributed by atoms with Crippen molar-refractivity contribution in [3.8, 4) is 0 Å². The number of rotatable bonds is 6. The molecule has 8 nitrogen and oxygen atoms in total. The number of likely N-dealkylation sites (tertiary alicyclic amines) is 1. The number of anilines is 1. The summed E-state index contributed by atoms with van der Waals surface area (Å²) in [7, 11) is 0. The Morgan fingerprint density at radius 2 is 1.76 bits per heavy atom. The van der Waals surface area contributed by atoms with Crippen LogP contribution in [0.4, 0.5) is 5.69 Å². The Morgan fingerprint density at radius 1 is 1.00 bits per heavy atom. The summed E-state index contributed by atoms with van der Waals surface area (Å²) in [5.74, 6) is -3.20. The number of esters is 1. The van der Waals surface area contributed by atoms with Crippen LogP contribution >= 0.6 is 11.6 Å². The third-order valence-corrected chi connectivity index (χ3v) is 9.15. The predicted molar refractivity (Wildman–Crippen MR) is 153 cm³/mol. The van der Waals surface area contributed by atoms with Crippen molar-refractivity contribution in [2.75, 3.05) is 24.7 Å². The molecule has 6 atom stereocenters. The first kappa shape index (κ1) is 27.7. The van der Waals surface area contributed by atoms with Crippen molar-refractivity contribution < 1.29 is 29.0 Å². The Bertz CT molecular complexity index is 1390. The first-order chi connectivity index (χ1) is 19.8. The van der Waals surface area contributed by atoms with Gasteiger partial charge in [-0.1, -0.05) is 73.2 Å². The zero-order valence-electron chi connectivity index (χ0n) is 22.8. The molecule has 4 aliphatic rings. The van der Waals surface area contributed by atoms with Crippen LogP contribution in [0.5, 0.6) is 0 Å². The number of cyclic esters (lactones) is 1. The highest BCUT2D eigenvalue weighted by Crippen LogP contribution is 2.58. The minimum Gasteiger partial charge on any atom is -0.465 e. The Hall–Kier alpha value is -3.46. The van der Waals surface area contributed by atoms with Gasteiger partial charge in [0, 0.05) is 17.3 Å². The van der Waals surface area contributed by atoms with Crippen LogP contribution in [0.25, 0.3) is 0 Å². The number of hydrogen-bond acceptors (Lipinski definition) is 6. The quantitative estimate of drug-likeness (QED) is 0.416. The Labute approximate surface area is 244 Å². The molecule has 0 saturated carbocycles. The van der Waals surface area contributed by atoms with Crippen molar-refractivity contribution in [1.29, 1.82) is 0 Å². The van der Waals surface area contributed by atoms with Gasteiger partial charge in [-0.05, 0) is 49.1 Å². The summed E-state index contributed by atoms with van der Waals surface area (Å²) in [5, 5.41) is 11.2. The zero-order chi connectivity index (χ0) is 28.8. The molecule has 0 bridgehead atoms. The highest BCUT2D eigenvalue weighted by atomic mass is 35.5. The Balaban J connectivity index is 1.51. The van der Waals surface area contributed by atoms with Gasteiger partial charge < -0.3 is 24.4 Å². The van der Waals surface area contributed by atoms with E-state index >= 15 is 0 Å². The van der Waals surface area contributed by atoms with Crippen molar-refractivity contribution in [3.63, 3.8) is 0 Å². The summed E-state index contributed by atoms with van der Waals surface area (Å²) in [4.78, 5) is 46.0. The Kier molecular flexibility index (Phi) is 7.26. The van der Waals surface area contributed by atoms with E-state index in [1.165, 1.54) is 4.90 Å². The maximum atomic E-state index is 14.7. The molecule has 2 aromatic rings. The van der Waals surface area contributed by atoms with E-state index in [0.29, 0.717) is 30.0 Å². The van der Waals surface area contributed by atoms with Gasteiger partial charge in [0.1, 0.15) is 23.2 Å². The van der Waals surface area contributed by atoms with E-state index in [9.17, 15) is 19.5 Å². The van der Waals surface area contributed by atoms with E-state index in [4.69, 9.17) is 21.1 Å². The van der Waals surface area contributed by atoms with Crippen LogP contribution in [-0.2, 0) is 30.3 Å². The van der Waals surface area contributed by atoms with Crippen LogP contribution in [0.2, 0.25) is 5.02 Å². The van der Waals surface area contributed by atoms with Crippen LogP contribution in [0, 0.1) is 11.8 Å². The number of fused-ring (bicyclic) bond motifs is 2. The molecule has 4 heterocycles. The van der Waals surface area contributed by atoms with Crippen molar-refractivity contribution in [2.45, 2.75) is 49.5 Å². The third-order valence-electron chi connectivity index (χ3n) is 8.90. The molecule has 6 rings (SSSR count). The number of ether oxygens (including phenoxy) is 2. The van der Waals surface area contributed by atoms with Gasteiger partial charge in [0.15, 0.2) is 0 Å². The second kappa shape index (κ2) is 10.7. The molecule has 41 heavy (non-hydrogen) atoms. The second-order valence-corrected chi connectivity index (χ2v) is 11.5. The lowest BCUT2D eigenvalue weighted by molar-refractivity contribution is -0.161. The van der Waals surface area contributed by atoms with Crippen LogP contribution in [0.1, 0.15) is 25.3 Å². The molecule has 2 saturated heterocycles. The van der Waals surface area contributed by atoms with Crippen LogP contribution in [-0.4, -0.2) is 70.8 Å². The second-order valence-electron chi connectivity index (χ2n) is 11.1. The van der Waals surface area contributed by atoms with Gasteiger partial charge >= 0.3 is 5.97 Å². The summed E-state index contributed by atoms with van der Waals surface area (Å²) in [6, 6.07) is 14.6. The minimum absolute atomic E-state index is 0.207. The van der Waals surface area contributed by atoms with Crippen LogP contribution in [0.15, 0.2) is 78.9 Å². The molecule has 0 aromatic heterocycles. The van der Waals surface area contributed by atoms with Crippen LogP contribution < -0.4 is 4.90 Å². The van der Waals surface area contributed by atoms with Gasteiger partial charge in [-0.2, -0.15) is 0 Å². The number of nitrogens with zero attached hydrogens (tertiary/aromatic N) is 2. The molecular formula is C32H33ClN2O6. The van der Waals surface area contributed by atoms with Gasteiger partial charge in [0.2, 0.25) is 5.91 Å². The third kappa shape index (κ3) is 4.40. The van der Waals surface area contributed by atoms with E-state index in [0.717, 1.165) is 5.56 Å². The number of halogens is 1. The van der Waals surface area contributed by atoms with Gasteiger partial charge in [-0.15, -0.1) is 0 Å². The SMILES string of the molecule is CC[C@@]12C=CCCOC(=O)[C@@H]1[C@H]1C(=O)N([C@@H](CO)Cc3ccccc3)C3C(=O)N(c4ccc(Cl)cc4)CC=C[C@@]31O2. The average Bonchev–Trinajstić information content (AvgIpc) is 3.33. The van der Waals surface area contributed by atoms with E-state index < -0.39 is 47.0 Å². The lowest BCUT2D eigenvalue weighted by Crippen LogP contribution is -2.59. The smallest absolute Gasteiger partial charge is 0.313 e. The van der Waals surface area contributed by atoms with Crippen molar-refractivity contribution >= 4 is 35.1 Å². The number of carbonyl (C=O) groups excluding carboxylic acids is 3. The maximum Gasteiger partial charge on any atom is 0.313 e. The first-order valence-corrected chi connectivity index (χ1v) is 14.5. The molecule has 0 aliphatic carbocycles. The summed E-state index contributed by atoms with van der Waals surface area (Å²) >= 11 is 6.13. The molecule has 9 heteroatoms. The highest BCUT2D eigenvalue weighted by molar-refractivity contribution is 6.30. The van der Waals surface area contributed by atoms with Gasteiger partial charge in [0.25, 0.3) is 5.91 Å². The molecular weight excluding hydrogens is 544 g/mol. The normalized spacial score (nSPS) is 31.6. The topological polar surface area (TPSA) is 96.4 Å². The largest absolute Gasteiger partial charge is 0.465 e. The van der Waals surface area contributed by atoms with Crippen LogP contribution in [0.3, 0.4) is 0 Å². The van der Waals surface area contributed by atoms with E-state index in [-0.39, 0.29) is 25.7 Å². The summed E-state index contributed by atoms with van der Waals surface area (Å²) in [6.45, 7) is 1.99. The van der Waals surface area contributed by atoms with Gasteiger partial charge in [-0.3, -0.25) is 14.4 Å². The standard InChI is InChI=1S/C32H33ClN2O6/c1-2-31-15-6-7-18-40-30(39)26(31)25-28(37)35(24(20-36)19-21-9-4-3-5-10-21)27-29(38)34(17-8-16-32(25,27)41-31)23-13-11-22(33)12-14-23/h3-6,8-16,24-27,36H,2,7,17-20H2,1H3/t24-,25+,26+,27?,31-,32+/m1/s1. The van der Waals surface area contributed by atoms with E-state index in [1.807, 2.05) is 55.5 Å². The van der Waals surface area contributed by atoms with Crippen molar-refractivity contribution in [2.24, 2.45) is 11.8 Å². The van der Waals surface area contributed by atoms with Crippen molar-refractivity contribution in [1.82, 2.24) is 4.90 Å². The van der Waals surface area contributed by atoms with Crippen molar-refractivity contribution in [3.05, 3.63) is 89.5 Å². The van der Waals surface area contributed by atoms with Gasteiger partial charge in [-0.25, -0.2) is 0 Å². The molecule has 2 fully saturated rings. The number of hydrogen-bond donors (Lipinski definition) is 1. The molecule has 1 spiro atoms. The Morgan fingerprint density at radius 3 is 2.46 bits per heavy atom. The zero-order valence-corrected chi connectivity index (χ0v) is 23.6. The monoisotopic (exact) mass is 576 g/mol. The molecule has 214 valence electrons. The fourth-order valence-corrected chi connectivity index (χ4v) is 7.18.